The lowest BCUT2D eigenvalue weighted by Gasteiger charge is -1.85. The van der Waals surface area contributed by atoms with E-state index in [1.807, 2.05) is 18.2 Å². The van der Waals surface area contributed by atoms with E-state index in [2.05, 4.69) is 27.4 Å². The molecule has 2 heterocycles. The van der Waals surface area contributed by atoms with Crippen LogP contribution in [0.25, 0.3) is 21.3 Å². The predicted octanol–water partition coefficient (Wildman–Crippen LogP) is 4.41. The number of hydrogen-bond donors (Lipinski definition) is 0. The summed E-state index contributed by atoms with van der Waals surface area (Å²) in [6.07, 6.45) is 0. The molecular weight excluding hydrogens is 248 g/mol. The first-order valence-corrected chi connectivity index (χ1v) is 5.58. The second kappa shape index (κ2) is 2.59. The maximum Gasteiger partial charge on any atom is 0.190 e. The molecule has 0 bridgehead atoms. The molecule has 3 heteroatoms. The highest BCUT2D eigenvalue weighted by molar-refractivity contribution is 9.10. The van der Waals surface area contributed by atoms with Crippen LogP contribution >= 0.6 is 27.3 Å². The fourth-order valence-corrected chi connectivity index (χ4v) is 3.11. The molecule has 0 unspecified atom stereocenters. The first-order valence-electron chi connectivity index (χ1n) is 3.90. The average Bonchev–Trinajstić information content (AvgIpc) is 2.66. The molecule has 0 N–H and O–H groups in total. The van der Waals surface area contributed by atoms with E-state index in [-0.39, 0.29) is 0 Å². The molecule has 0 atom stereocenters. The Labute approximate surface area is 87.1 Å². The van der Waals surface area contributed by atoms with Crippen molar-refractivity contribution in [3.8, 4) is 0 Å². The molecule has 0 aliphatic heterocycles. The molecule has 0 aliphatic rings. The fourth-order valence-electron chi connectivity index (χ4n) is 1.50. The van der Waals surface area contributed by atoms with Crippen LogP contribution in [0.2, 0.25) is 0 Å². The van der Waals surface area contributed by atoms with E-state index in [9.17, 15) is 0 Å². The zero-order valence-electron chi connectivity index (χ0n) is 6.58. The van der Waals surface area contributed by atoms with Crippen molar-refractivity contribution in [1.82, 2.24) is 0 Å². The minimum absolute atomic E-state index is 0.963. The highest BCUT2D eigenvalue weighted by Gasteiger charge is 2.10. The van der Waals surface area contributed by atoms with Crippen LogP contribution in [0.4, 0.5) is 0 Å². The van der Waals surface area contributed by atoms with E-state index >= 15 is 0 Å². The van der Waals surface area contributed by atoms with E-state index < -0.39 is 0 Å². The second-order valence-electron chi connectivity index (χ2n) is 2.84. The maximum atomic E-state index is 5.66. The van der Waals surface area contributed by atoms with Crippen molar-refractivity contribution >= 4 is 48.5 Å². The van der Waals surface area contributed by atoms with Gasteiger partial charge in [0.25, 0.3) is 0 Å². The van der Waals surface area contributed by atoms with Gasteiger partial charge in [0.1, 0.15) is 5.58 Å². The van der Waals surface area contributed by atoms with Gasteiger partial charge in [-0.3, -0.25) is 0 Å². The Morgan fingerprint density at radius 1 is 1.23 bits per heavy atom. The van der Waals surface area contributed by atoms with Crippen molar-refractivity contribution in [3.63, 3.8) is 0 Å². The number of para-hydroxylation sites is 1. The van der Waals surface area contributed by atoms with Crippen LogP contribution in [0, 0.1) is 0 Å². The number of halogens is 1. The summed E-state index contributed by atoms with van der Waals surface area (Å²) in [5.74, 6) is 0. The summed E-state index contributed by atoms with van der Waals surface area (Å²) in [7, 11) is 0. The molecule has 0 amide bonds. The molecule has 0 fully saturated rings. The number of furan rings is 1. The van der Waals surface area contributed by atoms with Crippen LogP contribution in [0.3, 0.4) is 0 Å². The quantitative estimate of drug-likeness (QED) is 0.578. The van der Waals surface area contributed by atoms with E-state index in [1.165, 1.54) is 10.8 Å². The Morgan fingerprint density at radius 3 is 3.00 bits per heavy atom. The van der Waals surface area contributed by atoms with Gasteiger partial charge in [-0.25, -0.2) is 0 Å². The van der Waals surface area contributed by atoms with Gasteiger partial charge in [-0.2, -0.15) is 0 Å². The van der Waals surface area contributed by atoms with Gasteiger partial charge < -0.3 is 4.42 Å². The zero-order chi connectivity index (χ0) is 8.84. The van der Waals surface area contributed by atoms with Crippen molar-refractivity contribution in [2.24, 2.45) is 0 Å². The molecule has 3 rings (SSSR count). The maximum absolute atomic E-state index is 5.66. The van der Waals surface area contributed by atoms with Gasteiger partial charge in [0, 0.05) is 15.2 Å². The lowest BCUT2D eigenvalue weighted by molar-refractivity contribution is 0.678. The first-order chi connectivity index (χ1) is 6.36. The summed E-state index contributed by atoms with van der Waals surface area (Å²) in [6, 6.07) is 8.10. The van der Waals surface area contributed by atoms with Crippen LogP contribution in [-0.2, 0) is 0 Å². The average molecular weight is 253 g/mol. The van der Waals surface area contributed by atoms with Gasteiger partial charge in [0.15, 0.2) is 4.90 Å². The molecule has 2 aromatic heterocycles. The number of rotatable bonds is 0. The molecule has 0 spiro atoms. The molecule has 64 valence electrons. The Hall–Kier alpha value is -0.800. The van der Waals surface area contributed by atoms with Gasteiger partial charge in [-0.1, -0.05) is 18.2 Å². The van der Waals surface area contributed by atoms with Crippen LogP contribution < -0.4 is 0 Å². The lowest BCUT2D eigenvalue weighted by atomic mass is 10.2. The molecule has 1 aromatic carbocycles. The van der Waals surface area contributed by atoms with Crippen molar-refractivity contribution in [1.29, 1.82) is 0 Å². The largest absolute Gasteiger partial charge is 0.445 e. The number of hydrogen-bond acceptors (Lipinski definition) is 2. The first kappa shape index (κ1) is 7.59. The molecular formula is C10H5BrOS. The standard InChI is InChI=1S/C10H5BrOS/c11-7-5-13-10-9(7)6-3-1-2-4-8(6)12-10/h1-5H. The summed E-state index contributed by atoms with van der Waals surface area (Å²) in [6.45, 7) is 0. The Kier molecular flexibility index (Phi) is 1.51. The van der Waals surface area contributed by atoms with Gasteiger partial charge in [-0.05, 0) is 22.0 Å². The molecule has 0 saturated carbocycles. The van der Waals surface area contributed by atoms with E-state index in [0.29, 0.717) is 0 Å². The third-order valence-corrected chi connectivity index (χ3v) is 3.85. The van der Waals surface area contributed by atoms with Crippen molar-refractivity contribution in [3.05, 3.63) is 34.1 Å². The lowest BCUT2D eigenvalue weighted by Crippen LogP contribution is -1.62. The molecule has 0 aliphatic carbocycles. The van der Waals surface area contributed by atoms with Crippen LogP contribution in [0.15, 0.2) is 38.5 Å². The monoisotopic (exact) mass is 252 g/mol. The Bertz CT molecular complexity index is 579. The zero-order valence-corrected chi connectivity index (χ0v) is 8.98. The Morgan fingerprint density at radius 2 is 2.08 bits per heavy atom. The fraction of sp³-hybridized carbons (Fsp3) is 0. The van der Waals surface area contributed by atoms with E-state index in [4.69, 9.17) is 4.42 Å². The topological polar surface area (TPSA) is 13.1 Å². The SMILES string of the molecule is Brc1csc2oc3ccccc3c12. The number of thiophene rings is 1. The van der Waals surface area contributed by atoms with Gasteiger partial charge >= 0.3 is 0 Å². The second-order valence-corrected chi connectivity index (χ2v) is 4.54. The Balaban J connectivity index is 2.66. The predicted molar refractivity (Wildman–Crippen MR) is 59.3 cm³/mol. The summed E-state index contributed by atoms with van der Waals surface area (Å²) < 4.78 is 6.78. The molecule has 1 nitrogen and oxygen atoms in total. The minimum atomic E-state index is 0.963. The number of benzene rings is 1. The van der Waals surface area contributed by atoms with Gasteiger partial charge in [0.2, 0.25) is 0 Å². The van der Waals surface area contributed by atoms with Crippen LogP contribution in [0.1, 0.15) is 0 Å². The third-order valence-electron chi connectivity index (χ3n) is 2.07. The molecule has 13 heavy (non-hydrogen) atoms. The molecule has 3 aromatic rings. The molecule has 0 saturated heterocycles. The van der Waals surface area contributed by atoms with Gasteiger partial charge in [0.05, 0.1) is 5.39 Å². The summed E-state index contributed by atoms with van der Waals surface area (Å²) in [5, 5.41) is 4.44. The van der Waals surface area contributed by atoms with Gasteiger partial charge in [-0.15, -0.1) is 11.3 Å². The summed E-state index contributed by atoms with van der Waals surface area (Å²) >= 11 is 5.14. The summed E-state index contributed by atoms with van der Waals surface area (Å²) in [5.41, 5.74) is 0.963. The van der Waals surface area contributed by atoms with E-state index in [1.54, 1.807) is 11.3 Å². The summed E-state index contributed by atoms with van der Waals surface area (Å²) in [4.78, 5) is 0.994. The molecule has 0 radical (unpaired) electrons. The van der Waals surface area contributed by atoms with Crippen LogP contribution in [-0.4, -0.2) is 0 Å². The highest BCUT2D eigenvalue weighted by Crippen LogP contribution is 2.38. The third kappa shape index (κ3) is 0.974. The van der Waals surface area contributed by atoms with E-state index in [0.717, 1.165) is 15.0 Å². The van der Waals surface area contributed by atoms with Crippen molar-refractivity contribution in [2.45, 2.75) is 0 Å². The minimum Gasteiger partial charge on any atom is -0.445 e. The highest BCUT2D eigenvalue weighted by atomic mass is 79.9. The van der Waals surface area contributed by atoms with Crippen LogP contribution in [0.5, 0.6) is 0 Å². The number of fused-ring (bicyclic) bond motifs is 3. The smallest absolute Gasteiger partial charge is 0.190 e. The normalized spacial score (nSPS) is 11.5. The van der Waals surface area contributed by atoms with Crippen molar-refractivity contribution in [2.75, 3.05) is 0 Å². The van der Waals surface area contributed by atoms with Crippen molar-refractivity contribution < 1.29 is 4.42 Å².